The van der Waals surface area contributed by atoms with Crippen molar-refractivity contribution in [2.45, 2.75) is 24.8 Å². The van der Waals surface area contributed by atoms with Gasteiger partial charge in [0.05, 0.1) is 0 Å². The average molecular weight is 222 g/mol. The molecule has 1 saturated carbocycles. The second-order valence-electron chi connectivity index (χ2n) is 4.11. The van der Waals surface area contributed by atoms with Gasteiger partial charge in [-0.25, -0.2) is 9.18 Å². The van der Waals surface area contributed by atoms with E-state index < -0.39 is 0 Å². The molecule has 1 aromatic rings. The highest BCUT2D eigenvalue weighted by Gasteiger charge is 2.32. The number of halogens is 1. The first-order valence-electron chi connectivity index (χ1n) is 5.43. The fourth-order valence-electron chi connectivity index (χ4n) is 2.05. The number of carbonyl (C=O) groups is 1. The molecule has 0 spiro atoms. The number of rotatable bonds is 2. The third-order valence-corrected chi connectivity index (χ3v) is 3.05. The minimum absolute atomic E-state index is 0.147. The second-order valence-corrected chi connectivity index (χ2v) is 4.11. The van der Waals surface area contributed by atoms with E-state index in [0.29, 0.717) is 0 Å². The van der Waals surface area contributed by atoms with Crippen LogP contribution in [0.15, 0.2) is 24.3 Å². The normalized spacial score (nSPS) is 23.4. The number of nitrogens with one attached hydrogen (secondary N) is 2. The average Bonchev–Trinajstić information content (AvgIpc) is 2.24. The number of urea groups is 1. The largest absolute Gasteiger partial charge is 0.341 e. The van der Waals surface area contributed by atoms with Gasteiger partial charge in [0.1, 0.15) is 5.82 Å². The molecular weight excluding hydrogens is 207 g/mol. The minimum Gasteiger partial charge on any atom is -0.341 e. The highest BCUT2D eigenvalue weighted by molar-refractivity contribution is 5.73. The van der Waals surface area contributed by atoms with Crippen molar-refractivity contribution in [1.82, 2.24) is 10.6 Å². The van der Waals surface area contributed by atoms with E-state index in [0.717, 1.165) is 18.4 Å². The summed E-state index contributed by atoms with van der Waals surface area (Å²) in [5, 5.41) is 5.32. The maximum atomic E-state index is 13.4. The third-order valence-electron chi connectivity index (χ3n) is 3.05. The lowest BCUT2D eigenvalue weighted by Crippen LogP contribution is -2.46. The van der Waals surface area contributed by atoms with E-state index in [1.165, 1.54) is 6.07 Å². The summed E-state index contributed by atoms with van der Waals surface area (Å²) in [6.45, 7) is 0. The Hall–Kier alpha value is -1.58. The summed E-state index contributed by atoms with van der Waals surface area (Å²) in [6, 6.07) is 6.84. The molecule has 0 unspecified atom stereocenters. The van der Waals surface area contributed by atoms with Crippen LogP contribution in [0.1, 0.15) is 24.3 Å². The van der Waals surface area contributed by atoms with Gasteiger partial charge in [-0.05, 0) is 30.4 Å². The number of carbonyl (C=O) groups excluding carboxylic acids is 1. The molecule has 1 aliphatic carbocycles. The summed E-state index contributed by atoms with van der Waals surface area (Å²) < 4.78 is 13.4. The van der Waals surface area contributed by atoms with Crippen molar-refractivity contribution in [2.75, 3.05) is 7.05 Å². The van der Waals surface area contributed by atoms with Crippen molar-refractivity contribution in [3.05, 3.63) is 35.6 Å². The van der Waals surface area contributed by atoms with Gasteiger partial charge in [-0.1, -0.05) is 18.2 Å². The van der Waals surface area contributed by atoms with Gasteiger partial charge in [0.2, 0.25) is 0 Å². The van der Waals surface area contributed by atoms with Gasteiger partial charge in [0.25, 0.3) is 0 Å². The monoisotopic (exact) mass is 222 g/mol. The summed E-state index contributed by atoms with van der Waals surface area (Å²) in [4.78, 5) is 11.0. The standard InChI is InChI=1S/C12H15FN2O/c1-14-12(16)15-9-6-8(7-9)10-4-2-3-5-11(10)13/h2-5,8-9H,6-7H2,1H3,(H2,14,15,16). The predicted octanol–water partition coefficient (Wildman–Crippen LogP) is 2.00. The van der Waals surface area contributed by atoms with Gasteiger partial charge in [-0.3, -0.25) is 0 Å². The number of hydrogen-bond acceptors (Lipinski definition) is 1. The topological polar surface area (TPSA) is 41.1 Å². The van der Waals surface area contributed by atoms with Crippen molar-refractivity contribution in [3.8, 4) is 0 Å². The van der Waals surface area contributed by atoms with Crippen LogP contribution in [0.4, 0.5) is 9.18 Å². The Morgan fingerprint density at radius 2 is 2.06 bits per heavy atom. The van der Waals surface area contributed by atoms with E-state index >= 15 is 0 Å². The van der Waals surface area contributed by atoms with E-state index in [1.54, 1.807) is 13.1 Å². The second kappa shape index (κ2) is 4.51. The van der Waals surface area contributed by atoms with Crippen LogP contribution in [0.2, 0.25) is 0 Å². The molecule has 1 fully saturated rings. The zero-order chi connectivity index (χ0) is 11.5. The number of amides is 2. The van der Waals surface area contributed by atoms with Crippen molar-refractivity contribution >= 4 is 6.03 Å². The fourth-order valence-corrected chi connectivity index (χ4v) is 2.05. The Labute approximate surface area is 94.0 Å². The van der Waals surface area contributed by atoms with Crippen LogP contribution in [0.5, 0.6) is 0 Å². The highest BCUT2D eigenvalue weighted by Crippen LogP contribution is 2.37. The molecule has 86 valence electrons. The van der Waals surface area contributed by atoms with E-state index in [1.807, 2.05) is 12.1 Å². The Morgan fingerprint density at radius 1 is 1.38 bits per heavy atom. The Morgan fingerprint density at radius 3 is 2.69 bits per heavy atom. The van der Waals surface area contributed by atoms with Crippen molar-refractivity contribution in [1.29, 1.82) is 0 Å². The van der Waals surface area contributed by atoms with Gasteiger partial charge in [-0.15, -0.1) is 0 Å². The fraction of sp³-hybridized carbons (Fsp3) is 0.417. The third kappa shape index (κ3) is 2.15. The molecule has 1 aromatic carbocycles. The summed E-state index contributed by atoms with van der Waals surface area (Å²) in [7, 11) is 1.59. The van der Waals surface area contributed by atoms with Crippen LogP contribution in [0.3, 0.4) is 0 Å². The van der Waals surface area contributed by atoms with Crippen molar-refractivity contribution < 1.29 is 9.18 Å². The molecule has 0 aliphatic heterocycles. The molecule has 0 bridgehead atoms. The molecule has 2 amide bonds. The molecule has 0 atom stereocenters. The molecule has 3 nitrogen and oxygen atoms in total. The van der Waals surface area contributed by atoms with Crippen molar-refractivity contribution in [2.24, 2.45) is 0 Å². The first-order chi connectivity index (χ1) is 7.70. The number of hydrogen-bond donors (Lipinski definition) is 2. The van der Waals surface area contributed by atoms with Crippen LogP contribution in [0, 0.1) is 5.82 Å². The lowest BCUT2D eigenvalue weighted by Gasteiger charge is -2.36. The van der Waals surface area contributed by atoms with Gasteiger partial charge < -0.3 is 10.6 Å². The van der Waals surface area contributed by atoms with Gasteiger partial charge >= 0.3 is 6.03 Å². The SMILES string of the molecule is CNC(=O)NC1CC(c2ccccc2F)C1. The first kappa shape index (κ1) is 10.9. The van der Waals surface area contributed by atoms with Crippen LogP contribution >= 0.6 is 0 Å². The molecular formula is C12H15FN2O. The smallest absolute Gasteiger partial charge is 0.314 e. The number of benzene rings is 1. The van der Waals surface area contributed by atoms with E-state index in [9.17, 15) is 9.18 Å². The quantitative estimate of drug-likeness (QED) is 0.789. The van der Waals surface area contributed by atoms with Gasteiger partial charge in [0.15, 0.2) is 0 Å². The zero-order valence-electron chi connectivity index (χ0n) is 9.16. The lowest BCUT2D eigenvalue weighted by atomic mass is 9.76. The Balaban J connectivity index is 1.89. The van der Waals surface area contributed by atoms with Crippen LogP contribution in [-0.2, 0) is 0 Å². The maximum absolute atomic E-state index is 13.4. The molecule has 16 heavy (non-hydrogen) atoms. The molecule has 0 aromatic heterocycles. The van der Waals surface area contributed by atoms with Crippen LogP contribution in [-0.4, -0.2) is 19.1 Å². The molecule has 0 saturated heterocycles. The van der Waals surface area contributed by atoms with Crippen LogP contribution in [0.25, 0.3) is 0 Å². The predicted molar refractivity (Wildman–Crippen MR) is 59.8 cm³/mol. The molecule has 0 radical (unpaired) electrons. The van der Waals surface area contributed by atoms with Gasteiger partial charge in [-0.2, -0.15) is 0 Å². The zero-order valence-corrected chi connectivity index (χ0v) is 9.16. The van der Waals surface area contributed by atoms with E-state index in [4.69, 9.17) is 0 Å². The summed E-state index contributed by atoms with van der Waals surface area (Å²) >= 11 is 0. The lowest BCUT2D eigenvalue weighted by molar-refractivity contribution is 0.224. The minimum atomic E-state index is -0.169. The van der Waals surface area contributed by atoms with Crippen molar-refractivity contribution in [3.63, 3.8) is 0 Å². The Bertz CT molecular complexity index is 388. The summed E-state index contributed by atoms with van der Waals surface area (Å²) in [5.74, 6) is 0.0919. The highest BCUT2D eigenvalue weighted by atomic mass is 19.1. The summed E-state index contributed by atoms with van der Waals surface area (Å²) in [5.41, 5.74) is 0.762. The molecule has 2 rings (SSSR count). The van der Waals surface area contributed by atoms with Crippen LogP contribution < -0.4 is 10.6 Å². The van der Waals surface area contributed by atoms with E-state index in [-0.39, 0.29) is 23.8 Å². The first-order valence-corrected chi connectivity index (χ1v) is 5.43. The van der Waals surface area contributed by atoms with Gasteiger partial charge in [0, 0.05) is 13.1 Å². The van der Waals surface area contributed by atoms with E-state index in [2.05, 4.69) is 10.6 Å². The molecule has 1 aliphatic rings. The Kier molecular flexibility index (Phi) is 3.08. The summed E-state index contributed by atoms with van der Waals surface area (Å²) in [6.07, 6.45) is 1.63. The molecule has 0 heterocycles. The maximum Gasteiger partial charge on any atom is 0.314 e. The molecule has 4 heteroatoms. The molecule has 2 N–H and O–H groups in total.